The van der Waals surface area contributed by atoms with Gasteiger partial charge >= 0.3 is 0 Å². The van der Waals surface area contributed by atoms with Crippen molar-refractivity contribution in [1.29, 1.82) is 0 Å². The molecule has 1 N–H and O–H groups in total. The Morgan fingerprint density at radius 2 is 1.57 bits per heavy atom. The van der Waals surface area contributed by atoms with E-state index in [0.717, 1.165) is 16.7 Å². The average molecular weight is 375 g/mol. The predicted molar refractivity (Wildman–Crippen MR) is 111 cm³/mol. The third-order valence-corrected chi connectivity index (χ3v) is 4.64. The number of hydrogen-bond acceptors (Lipinski definition) is 3. The van der Waals surface area contributed by atoms with Crippen LogP contribution < -0.4 is 14.8 Å². The van der Waals surface area contributed by atoms with E-state index in [1.165, 1.54) is 0 Å². The third kappa shape index (κ3) is 4.71. The monoisotopic (exact) mass is 375 g/mol. The molecule has 28 heavy (non-hydrogen) atoms. The highest BCUT2D eigenvalue weighted by Gasteiger charge is 2.22. The van der Waals surface area contributed by atoms with E-state index in [1.807, 2.05) is 79.7 Å². The lowest BCUT2D eigenvalue weighted by Crippen LogP contribution is -2.39. The molecule has 0 saturated heterocycles. The molecule has 0 bridgehead atoms. The van der Waals surface area contributed by atoms with E-state index in [1.54, 1.807) is 20.1 Å². The first-order chi connectivity index (χ1) is 13.6. The number of carbonyl (C=O) groups excluding carboxylic acids is 1. The van der Waals surface area contributed by atoms with Crippen molar-refractivity contribution in [2.45, 2.75) is 26.0 Å². The van der Waals surface area contributed by atoms with Gasteiger partial charge in [-0.25, -0.2) is 0 Å². The molecule has 0 spiro atoms. The fraction of sp³-hybridized carbons (Fsp3) is 0.208. The van der Waals surface area contributed by atoms with Crippen LogP contribution in [0.25, 0.3) is 0 Å². The summed E-state index contributed by atoms with van der Waals surface area (Å²) in [6.07, 6.45) is -0.651. The minimum Gasteiger partial charge on any atom is -0.497 e. The lowest BCUT2D eigenvalue weighted by Gasteiger charge is -2.24. The largest absolute Gasteiger partial charge is 0.497 e. The molecule has 0 radical (unpaired) electrons. The SMILES string of the molecule is COc1cccc(O[C@@H](C)C(=O)N[C@@H](c2ccccc2)c2ccccc2C)c1. The summed E-state index contributed by atoms with van der Waals surface area (Å²) < 4.78 is 11.0. The third-order valence-electron chi connectivity index (χ3n) is 4.64. The maximum Gasteiger partial charge on any atom is 0.261 e. The molecule has 3 aromatic carbocycles. The van der Waals surface area contributed by atoms with Crippen molar-refractivity contribution in [3.05, 3.63) is 95.6 Å². The molecule has 3 rings (SSSR count). The van der Waals surface area contributed by atoms with E-state index < -0.39 is 6.10 Å². The van der Waals surface area contributed by atoms with Gasteiger partial charge in [0.25, 0.3) is 5.91 Å². The van der Waals surface area contributed by atoms with Gasteiger partial charge in [-0.3, -0.25) is 4.79 Å². The number of methoxy groups -OCH3 is 1. The number of ether oxygens (including phenoxy) is 2. The standard InChI is InChI=1S/C24H25NO3/c1-17-10-7-8-15-22(17)23(19-11-5-4-6-12-19)25-24(26)18(2)28-21-14-9-13-20(16-21)27-3/h4-16,18,23H,1-3H3,(H,25,26)/t18-,23-/m0/s1. The number of amides is 1. The van der Waals surface area contributed by atoms with Gasteiger partial charge < -0.3 is 14.8 Å². The van der Waals surface area contributed by atoms with Crippen molar-refractivity contribution in [1.82, 2.24) is 5.32 Å². The Balaban J connectivity index is 1.80. The Morgan fingerprint density at radius 3 is 2.29 bits per heavy atom. The first kappa shape index (κ1) is 19.5. The summed E-state index contributed by atoms with van der Waals surface area (Å²) >= 11 is 0. The summed E-state index contributed by atoms with van der Waals surface area (Å²) in [4.78, 5) is 12.9. The van der Waals surface area contributed by atoms with Crippen LogP contribution in [0.5, 0.6) is 11.5 Å². The van der Waals surface area contributed by atoms with Gasteiger partial charge in [0.2, 0.25) is 0 Å². The van der Waals surface area contributed by atoms with Crippen LogP contribution in [0, 0.1) is 6.92 Å². The Labute approximate surface area is 166 Å². The molecule has 3 aromatic rings. The van der Waals surface area contributed by atoms with Crippen LogP contribution in [0.15, 0.2) is 78.9 Å². The minimum absolute atomic E-state index is 0.181. The van der Waals surface area contributed by atoms with Crippen LogP contribution in [0.2, 0.25) is 0 Å². The highest BCUT2D eigenvalue weighted by molar-refractivity contribution is 5.81. The van der Waals surface area contributed by atoms with E-state index in [2.05, 4.69) is 5.32 Å². The van der Waals surface area contributed by atoms with Gasteiger partial charge in [-0.05, 0) is 42.7 Å². The summed E-state index contributed by atoms with van der Waals surface area (Å²) in [5, 5.41) is 3.14. The highest BCUT2D eigenvalue weighted by atomic mass is 16.5. The summed E-state index contributed by atoms with van der Waals surface area (Å²) in [6, 6.07) is 25.0. The molecule has 2 atom stereocenters. The number of carbonyl (C=O) groups is 1. The normalized spacial score (nSPS) is 12.7. The van der Waals surface area contributed by atoms with E-state index in [-0.39, 0.29) is 11.9 Å². The van der Waals surface area contributed by atoms with Gasteiger partial charge in [-0.2, -0.15) is 0 Å². The lowest BCUT2D eigenvalue weighted by atomic mass is 9.95. The molecule has 0 aliphatic carbocycles. The summed E-state index contributed by atoms with van der Waals surface area (Å²) in [6.45, 7) is 3.79. The Hall–Kier alpha value is -3.27. The van der Waals surface area contributed by atoms with E-state index in [0.29, 0.717) is 11.5 Å². The molecule has 4 heteroatoms. The van der Waals surface area contributed by atoms with Gasteiger partial charge in [0.05, 0.1) is 13.2 Å². The van der Waals surface area contributed by atoms with Crippen molar-refractivity contribution in [2.24, 2.45) is 0 Å². The zero-order valence-corrected chi connectivity index (χ0v) is 16.4. The number of benzene rings is 3. The molecule has 0 unspecified atom stereocenters. The molecule has 0 aliphatic rings. The Kier molecular flexibility index (Phi) is 6.33. The predicted octanol–water partition coefficient (Wildman–Crippen LogP) is 4.68. The first-order valence-electron chi connectivity index (χ1n) is 9.30. The van der Waals surface area contributed by atoms with Gasteiger partial charge in [-0.1, -0.05) is 60.7 Å². The summed E-state index contributed by atoms with van der Waals surface area (Å²) in [7, 11) is 1.60. The average Bonchev–Trinajstić information content (AvgIpc) is 2.73. The quantitative estimate of drug-likeness (QED) is 0.652. The molecule has 0 heterocycles. The van der Waals surface area contributed by atoms with Gasteiger partial charge in [-0.15, -0.1) is 0 Å². The second kappa shape index (κ2) is 9.09. The van der Waals surface area contributed by atoms with Crippen molar-refractivity contribution in [2.75, 3.05) is 7.11 Å². The summed E-state index contributed by atoms with van der Waals surface area (Å²) in [5.74, 6) is 1.10. The molecular formula is C24H25NO3. The van der Waals surface area contributed by atoms with Crippen LogP contribution >= 0.6 is 0 Å². The maximum atomic E-state index is 12.9. The highest BCUT2D eigenvalue weighted by Crippen LogP contribution is 2.25. The van der Waals surface area contributed by atoms with Crippen molar-refractivity contribution in [3.63, 3.8) is 0 Å². The first-order valence-corrected chi connectivity index (χ1v) is 9.30. The number of aryl methyl sites for hydroxylation is 1. The Bertz CT molecular complexity index is 924. The van der Waals surface area contributed by atoms with Crippen LogP contribution in [-0.2, 0) is 4.79 Å². The van der Waals surface area contributed by atoms with E-state index in [4.69, 9.17) is 9.47 Å². The molecule has 0 aromatic heterocycles. The van der Waals surface area contributed by atoms with E-state index in [9.17, 15) is 4.79 Å². The van der Waals surface area contributed by atoms with Gasteiger partial charge in [0, 0.05) is 6.07 Å². The minimum atomic E-state index is -0.651. The molecule has 0 fully saturated rings. The van der Waals surface area contributed by atoms with Gasteiger partial charge in [0.15, 0.2) is 6.10 Å². The van der Waals surface area contributed by atoms with Gasteiger partial charge in [0.1, 0.15) is 11.5 Å². The maximum absolute atomic E-state index is 12.9. The van der Waals surface area contributed by atoms with Crippen molar-refractivity contribution in [3.8, 4) is 11.5 Å². The van der Waals surface area contributed by atoms with Crippen LogP contribution in [0.3, 0.4) is 0 Å². The Morgan fingerprint density at radius 1 is 0.893 bits per heavy atom. The second-order valence-corrected chi connectivity index (χ2v) is 6.65. The fourth-order valence-electron chi connectivity index (χ4n) is 3.09. The zero-order chi connectivity index (χ0) is 19.9. The topological polar surface area (TPSA) is 47.6 Å². The number of nitrogens with one attached hydrogen (secondary N) is 1. The molecule has 4 nitrogen and oxygen atoms in total. The zero-order valence-electron chi connectivity index (χ0n) is 16.4. The number of rotatable bonds is 7. The molecule has 1 amide bonds. The van der Waals surface area contributed by atoms with Crippen LogP contribution in [0.1, 0.15) is 29.7 Å². The lowest BCUT2D eigenvalue weighted by molar-refractivity contribution is -0.127. The summed E-state index contributed by atoms with van der Waals surface area (Å²) in [5.41, 5.74) is 3.22. The van der Waals surface area contributed by atoms with Crippen LogP contribution in [-0.4, -0.2) is 19.1 Å². The molecular weight excluding hydrogens is 350 g/mol. The molecule has 0 aliphatic heterocycles. The van der Waals surface area contributed by atoms with Crippen molar-refractivity contribution >= 4 is 5.91 Å². The fourth-order valence-corrected chi connectivity index (χ4v) is 3.09. The second-order valence-electron chi connectivity index (χ2n) is 6.65. The smallest absolute Gasteiger partial charge is 0.261 e. The van der Waals surface area contributed by atoms with Crippen LogP contribution in [0.4, 0.5) is 0 Å². The molecule has 144 valence electrons. The van der Waals surface area contributed by atoms with Crippen molar-refractivity contribution < 1.29 is 14.3 Å². The van der Waals surface area contributed by atoms with E-state index >= 15 is 0 Å². The molecule has 0 saturated carbocycles. The number of hydrogen-bond donors (Lipinski definition) is 1.